The van der Waals surface area contributed by atoms with Crippen LogP contribution >= 0.6 is 0 Å². The molecule has 0 atom stereocenters. The number of benzene rings is 1. The van der Waals surface area contributed by atoms with Crippen molar-refractivity contribution in [3.05, 3.63) is 65.5 Å². The highest BCUT2D eigenvalue weighted by molar-refractivity contribution is 5.99. The molecule has 2 aromatic heterocycles. The second kappa shape index (κ2) is 6.43. The standard InChI is InChI=1S/C19H14F4N4O/c20-14-7-11(13-9-25-6-5-12(13)18(24)28)3-4-16(14)27-17(19(21,22)23)8-15(26-27)10-1-2-10/h3-10H,1-2H2,(H2,24,28). The second-order valence-electron chi connectivity index (χ2n) is 6.59. The highest BCUT2D eigenvalue weighted by atomic mass is 19.4. The van der Waals surface area contributed by atoms with Gasteiger partial charge in [-0.2, -0.15) is 18.3 Å². The minimum absolute atomic E-state index is 0.0156. The number of alkyl halides is 3. The molecular formula is C19H14F4N4O. The third-order valence-electron chi connectivity index (χ3n) is 4.59. The van der Waals surface area contributed by atoms with Gasteiger partial charge in [0.2, 0.25) is 5.91 Å². The van der Waals surface area contributed by atoms with Gasteiger partial charge in [-0.05, 0) is 42.7 Å². The van der Waals surface area contributed by atoms with E-state index in [1.807, 2.05) is 0 Å². The van der Waals surface area contributed by atoms with E-state index in [1.165, 1.54) is 30.6 Å². The Balaban J connectivity index is 1.81. The number of hydrogen-bond acceptors (Lipinski definition) is 3. The second-order valence-corrected chi connectivity index (χ2v) is 6.59. The summed E-state index contributed by atoms with van der Waals surface area (Å²) in [6.45, 7) is 0. The van der Waals surface area contributed by atoms with Crippen LogP contribution in [-0.2, 0) is 6.18 Å². The normalized spacial score (nSPS) is 14.3. The molecule has 4 rings (SSSR count). The van der Waals surface area contributed by atoms with Crippen molar-refractivity contribution in [3.8, 4) is 16.8 Å². The van der Waals surface area contributed by atoms with Crippen LogP contribution in [-0.4, -0.2) is 20.7 Å². The summed E-state index contributed by atoms with van der Waals surface area (Å²) in [4.78, 5) is 15.5. The molecule has 3 aromatic rings. The lowest BCUT2D eigenvalue weighted by Crippen LogP contribution is -2.14. The molecule has 0 aliphatic heterocycles. The SMILES string of the molecule is NC(=O)c1ccncc1-c1ccc(-n2nc(C3CC3)cc2C(F)(F)F)c(F)c1. The molecule has 144 valence electrons. The molecule has 1 amide bonds. The fourth-order valence-electron chi connectivity index (χ4n) is 3.05. The van der Waals surface area contributed by atoms with Crippen molar-refractivity contribution in [2.24, 2.45) is 5.73 Å². The highest BCUT2D eigenvalue weighted by Gasteiger charge is 2.39. The lowest BCUT2D eigenvalue weighted by Gasteiger charge is -2.12. The Morgan fingerprint density at radius 2 is 1.93 bits per heavy atom. The van der Waals surface area contributed by atoms with E-state index in [9.17, 15) is 22.4 Å². The van der Waals surface area contributed by atoms with Crippen molar-refractivity contribution in [2.45, 2.75) is 24.9 Å². The first-order valence-electron chi connectivity index (χ1n) is 8.47. The van der Waals surface area contributed by atoms with Crippen LogP contribution in [0, 0.1) is 5.82 Å². The number of pyridine rings is 1. The van der Waals surface area contributed by atoms with Crippen LogP contribution in [0.1, 0.15) is 40.5 Å². The lowest BCUT2D eigenvalue weighted by molar-refractivity contribution is -0.142. The number of halogens is 4. The average Bonchev–Trinajstić information content (AvgIpc) is 3.39. The van der Waals surface area contributed by atoms with Crippen LogP contribution in [0.4, 0.5) is 17.6 Å². The van der Waals surface area contributed by atoms with Crippen LogP contribution in [0.25, 0.3) is 16.8 Å². The van der Waals surface area contributed by atoms with Crippen LogP contribution in [0.2, 0.25) is 0 Å². The Morgan fingerprint density at radius 3 is 2.54 bits per heavy atom. The number of carbonyl (C=O) groups is 1. The van der Waals surface area contributed by atoms with Crippen LogP contribution in [0.5, 0.6) is 0 Å². The van der Waals surface area contributed by atoms with Gasteiger partial charge in [-0.3, -0.25) is 9.78 Å². The van der Waals surface area contributed by atoms with Crippen molar-refractivity contribution < 1.29 is 22.4 Å². The van der Waals surface area contributed by atoms with Crippen molar-refractivity contribution in [1.29, 1.82) is 0 Å². The van der Waals surface area contributed by atoms with E-state index in [2.05, 4.69) is 10.1 Å². The molecule has 2 heterocycles. The number of nitrogens with zero attached hydrogens (tertiary/aromatic N) is 3. The summed E-state index contributed by atoms with van der Waals surface area (Å²) in [5.41, 5.74) is 4.96. The van der Waals surface area contributed by atoms with Crippen LogP contribution in [0.15, 0.2) is 42.7 Å². The predicted octanol–water partition coefficient (Wildman–Crippen LogP) is 4.07. The average molecular weight is 390 g/mol. The first-order chi connectivity index (χ1) is 13.3. The Bertz CT molecular complexity index is 1070. The van der Waals surface area contributed by atoms with Crippen molar-refractivity contribution in [3.63, 3.8) is 0 Å². The van der Waals surface area contributed by atoms with Crippen LogP contribution in [0.3, 0.4) is 0 Å². The van der Waals surface area contributed by atoms with Gasteiger partial charge in [0, 0.05) is 29.4 Å². The maximum Gasteiger partial charge on any atom is 0.433 e. The smallest absolute Gasteiger partial charge is 0.366 e. The van der Waals surface area contributed by atoms with Gasteiger partial charge in [0.1, 0.15) is 17.2 Å². The Morgan fingerprint density at radius 1 is 1.18 bits per heavy atom. The van der Waals surface area contributed by atoms with Gasteiger partial charge in [-0.15, -0.1) is 0 Å². The summed E-state index contributed by atoms with van der Waals surface area (Å²) >= 11 is 0. The number of primary amides is 1. The van der Waals surface area contributed by atoms with E-state index < -0.39 is 23.6 Å². The summed E-state index contributed by atoms with van der Waals surface area (Å²) < 4.78 is 55.6. The van der Waals surface area contributed by atoms with Gasteiger partial charge >= 0.3 is 6.18 Å². The van der Waals surface area contributed by atoms with Gasteiger partial charge in [0.15, 0.2) is 0 Å². The Hall–Kier alpha value is -3.23. The molecular weight excluding hydrogens is 376 g/mol. The molecule has 1 aliphatic rings. The van der Waals surface area contributed by atoms with Gasteiger partial charge in [0.05, 0.1) is 5.69 Å². The molecule has 28 heavy (non-hydrogen) atoms. The third kappa shape index (κ3) is 3.23. The summed E-state index contributed by atoms with van der Waals surface area (Å²) in [5, 5.41) is 3.99. The molecule has 0 radical (unpaired) electrons. The topological polar surface area (TPSA) is 73.8 Å². The van der Waals surface area contributed by atoms with Crippen molar-refractivity contribution >= 4 is 5.91 Å². The lowest BCUT2D eigenvalue weighted by atomic mass is 10.0. The molecule has 1 aliphatic carbocycles. The fraction of sp³-hybridized carbons (Fsp3) is 0.211. The van der Waals surface area contributed by atoms with Crippen molar-refractivity contribution in [2.75, 3.05) is 0 Å². The first-order valence-corrected chi connectivity index (χ1v) is 8.47. The molecule has 0 unspecified atom stereocenters. The number of hydrogen-bond donors (Lipinski definition) is 1. The maximum absolute atomic E-state index is 14.8. The van der Waals surface area contributed by atoms with E-state index >= 15 is 0 Å². The van der Waals surface area contributed by atoms with Gasteiger partial charge in [0.25, 0.3) is 0 Å². The zero-order valence-corrected chi connectivity index (χ0v) is 14.4. The molecule has 2 N–H and O–H groups in total. The summed E-state index contributed by atoms with van der Waals surface area (Å²) in [6.07, 6.45) is -0.422. The zero-order chi connectivity index (χ0) is 20.1. The molecule has 0 spiro atoms. The third-order valence-corrected chi connectivity index (χ3v) is 4.59. The number of rotatable bonds is 4. The van der Waals surface area contributed by atoms with Gasteiger partial charge in [-0.25, -0.2) is 9.07 Å². The molecule has 1 aromatic carbocycles. The van der Waals surface area contributed by atoms with E-state index in [4.69, 9.17) is 5.73 Å². The summed E-state index contributed by atoms with van der Waals surface area (Å²) in [6, 6.07) is 6.00. The Labute approximate surface area is 156 Å². The quantitative estimate of drug-likeness (QED) is 0.683. The van der Waals surface area contributed by atoms with E-state index in [1.54, 1.807) is 0 Å². The highest BCUT2D eigenvalue weighted by Crippen LogP contribution is 2.42. The summed E-state index contributed by atoms with van der Waals surface area (Å²) in [7, 11) is 0. The monoisotopic (exact) mass is 390 g/mol. The van der Waals surface area contributed by atoms with E-state index in [0.717, 1.165) is 25.0 Å². The molecule has 5 nitrogen and oxygen atoms in total. The zero-order valence-electron chi connectivity index (χ0n) is 14.4. The fourth-order valence-corrected chi connectivity index (χ4v) is 3.05. The first kappa shape index (κ1) is 18.1. The predicted molar refractivity (Wildman–Crippen MR) is 92.2 cm³/mol. The minimum Gasteiger partial charge on any atom is -0.366 e. The summed E-state index contributed by atoms with van der Waals surface area (Å²) in [5.74, 6) is -1.65. The van der Waals surface area contributed by atoms with E-state index in [0.29, 0.717) is 10.4 Å². The van der Waals surface area contributed by atoms with E-state index in [-0.39, 0.29) is 28.3 Å². The van der Waals surface area contributed by atoms with Crippen LogP contribution < -0.4 is 5.73 Å². The minimum atomic E-state index is -4.67. The largest absolute Gasteiger partial charge is 0.433 e. The molecule has 1 saturated carbocycles. The molecule has 0 bridgehead atoms. The van der Waals surface area contributed by atoms with Gasteiger partial charge < -0.3 is 5.73 Å². The molecule has 1 fully saturated rings. The molecule has 0 saturated heterocycles. The van der Waals surface area contributed by atoms with Crippen molar-refractivity contribution in [1.82, 2.24) is 14.8 Å². The molecule has 9 heteroatoms. The Kier molecular flexibility index (Phi) is 4.17. The maximum atomic E-state index is 14.8. The number of amides is 1. The number of carbonyl (C=O) groups excluding carboxylic acids is 1. The number of aromatic nitrogens is 3. The van der Waals surface area contributed by atoms with Gasteiger partial charge in [-0.1, -0.05) is 6.07 Å². The number of nitrogens with two attached hydrogens (primary N) is 1.